The molecule has 2 aromatic heterocycles. The predicted molar refractivity (Wildman–Crippen MR) is 187 cm³/mol. The van der Waals surface area contributed by atoms with Gasteiger partial charge in [-0.05, 0) is 44.2 Å². The van der Waals surface area contributed by atoms with Crippen LogP contribution in [0.15, 0.2) is 26.9 Å². The van der Waals surface area contributed by atoms with E-state index in [1.807, 2.05) is 20.8 Å². The number of carbonyl (C=O) groups is 2. The number of thioether (sulfide) groups is 1. The lowest BCUT2D eigenvalue weighted by Gasteiger charge is -2.16. The molecule has 0 saturated heterocycles. The number of benzene rings is 1. The fourth-order valence-corrected chi connectivity index (χ4v) is 5.38. The predicted octanol–water partition coefficient (Wildman–Crippen LogP) is 3.30. The van der Waals surface area contributed by atoms with Crippen LogP contribution in [0.2, 0.25) is 5.02 Å². The fourth-order valence-electron chi connectivity index (χ4n) is 3.76. The van der Waals surface area contributed by atoms with E-state index in [0.717, 1.165) is 16.8 Å². The van der Waals surface area contributed by atoms with Crippen LogP contribution in [0.25, 0.3) is 5.69 Å². The standard InChI is InChI=1S/C15H14Cl2F3N3O3.C8H14N4OS.C5H12NO4P/c1-3-26-13(24)10(17)4-8-5-12(11(18)6-9(8)16)23-15(25)22(14(19)20)7(2)21-23;1-8(2,3)5-6(13)12(9)7(14-4)11-10-5;1-11(9,10)3-2-4(6)5(7)8/h5-6,10,14H,3-4H2,1-2H3;9H2,1-4H3;4H,2-3,6H2,1H3,(H,7,8)(H,9,10). The fraction of sp³-hybridized carbons (Fsp3) is 0.536. The molecule has 23 heteroatoms. The Morgan fingerprint density at radius 2 is 1.78 bits per heavy atom. The number of nitrogens with zero attached hydrogens (tertiary/aromatic N) is 6. The lowest BCUT2D eigenvalue weighted by Crippen LogP contribution is -2.37. The Kier molecular flexibility index (Phi) is 17.4. The van der Waals surface area contributed by atoms with Crippen LogP contribution in [0.3, 0.4) is 0 Å². The molecular formula is C28H40Cl2F3N8O8PS. The molecule has 3 aromatic rings. The third-order valence-corrected chi connectivity index (χ3v) is 8.81. The van der Waals surface area contributed by atoms with Gasteiger partial charge in [-0.3, -0.25) is 18.9 Å². The Morgan fingerprint density at radius 1 is 1.20 bits per heavy atom. The van der Waals surface area contributed by atoms with Crippen molar-refractivity contribution in [3.05, 3.63) is 60.9 Å². The van der Waals surface area contributed by atoms with Crippen molar-refractivity contribution in [2.75, 3.05) is 31.5 Å². The minimum Gasteiger partial charge on any atom is -0.480 e. The first-order chi connectivity index (χ1) is 23.4. The molecule has 3 rings (SSSR count). The maximum absolute atomic E-state index is 14.2. The van der Waals surface area contributed by atoms with Gasteiger partial charge in [0.15, 0.2) is 13.2 Å². The molecule has 286 valence electrons. The molecule has 0 aliphatic carbocycles. The number of hydrogen-bond donors (Lipinski definition) is 4. The number of nitrogen functional groups attached to an aromatic ring is 1. The van der Waals surface area contributed by atoms with Gasteiger partial charge in [-0.25, -0.2) is 13.8 Å². The Bertz CT molecular complexity index is 1850. The van der Waals surface area contributed by atoms with E-state index < -0.39 is 48.8 Å². The van der Waals surface area contributed by atoms with Crippen molar-refractivity contribution in [2.45, 2.75) is 76.0 Å². The molecule has 0 aliphatic rings. The summed E-state index contributed by atoms with van der Waals surface area (Å²) < 4.78 is 57.2. The summed E-state index contributed by atoms with van der Waals surface area (Å²) in [4.78, 5) is 54.3. The van der Waals surface area contributed by atoms with Gasteiger partial charge in [0.25, 0.3) is 5.56 Å². The Hall–Kier alpha value is -3.42. The summed E-state index contributed by atoms with van der Waals surface area (Å²) in [5, 5.41) is 19.0. The number of alkyl halides is 3. The number of rotatable bonds is 11. The van der Waals surface area contributed by atoms with Gasteiger partial charge >= 0.3 is 24.2 Å². The Balaban J connectivity index is 0.000000436. The quantitative estimate of drug-likeness (QED) is 0.0715. The van der Waals surface area contributed by atoms with Crippen LogP contribution < -0.4 is 22.8 Å². The largest absolute Gasteiger partial charge is 0.480 e. The third kappa shape index (κ3) is 13.6. The van der Waals surface area contributed by atoms with Crippen LogP contribution in [-0.4, -0.2) is 88.3 Å². The van der Waals surface area contributed by atoms with Gasteiger partial charge in [0, 0.05) is 29.7 Å². The van der Waals surface area contributed by atoms with E-state index in [0.29, 0.717) is 15.5 Å². The number of aryl methyl sites for hydroxylation is 1. The number of nitrogens with two attached hydrogens (primary N) is 2. The number of hydrogen-bond acceptors (Lipinski definition) is 12. The summed E-state index contributed by atoms with van der Waals surface area (Å²) in [5.41, 5.74) is 3.50. The number of halogens is 5. The average Bonchev–Trinajstić information content (AvgIpc) is 3.31. The first-order valence-corrected chi connectivity index (χ1v) is 19.0. The molecule has 0 saturated carbocycles. The van der Waals surface area contributed by atoms with Crippen LogP contribution >= 0.6 is 42.3 Å². The molecule has 0 spiro atoms. The van der Waals surface area contributed by atoms with E-state index in [9.17, 15) is 36.9 Å². The molecule has 0 radical (unpaired) electrons. The number of carbonyl (C=O) groups excluding carboxylic acids is 1. The highest BCUT2D eigenvalue weighted by atomic mass is 35.5. The van der Waals surface area contributed by atoms with Crippen molar-refractivity contribution in [3.63, 3.8) is 0 Å². The third-order valence-electron chi connectivity index (χ3n) is 6.39. The summed E-state index contributed by atoms with van der Waals surface area (Å²) in [6.45, 7) is 6.69. The summed E-state index contributed by atoms with van der Waals surface area (Å²) in [6.07, 6.45) is 1.68. The Morgan fingerprint density at radius 3 is 2.24 bits per heavy atom. The highest BCUT2D eigenvalue weighted by molar-refractivity contribution is 7.98. The van der Waals surface area contributed by atoms with Crippen LogP contribution in [0.1, 0.15) is 57.7 Å². The second-order valence-corrected chi connectivity index (χ2v) is 15.9. The van der Waals surface area contributed by atoms with Gasteiger partial charge in [0.2, 0.25) is 5.16 Å². The zero-order valence-corrected chi connectivity index (χ0v) is 31.9. The highest BCUT2D eigenvalue weighted by Gasteiger charge is 2.24. The van der Waals surface area contributed by atoms with E-state index in [4.69, 9.17) is 49.5 Å². The van der Waals surface area contributed by atoms with Gasteiger partial charge < -0.3 is 26.3 Å². The molecule has 0 fully saturated rings. The topological polar surface area (TPSA) is 241 Å². The van der Waals surface area contributed by atoms with E-state index in [1.54, 1.807) is 13.2 Å². The zero-order chi connectivity index (χ0) is 39.6. The van der Waals surface area contributed by atoms with Gasteiger partial charge in [-0.15, -0.1) is 26.9 Å². The second kappa shape index (κ2) is 19.4. The molecule has 16 nitrogen and oxygen atoms in total. The monoisotopic (exact) mass is 806 g/mol. The zero-order valence-electron chi connectivity index (χ0n) is 28.6. The maximum Gasteiger partial charge on any atom is 0.355 e. The average molecular weight is 808 g/mol. The SMILES string of the molecule is CCOC(=O)C(Cl)Cc1cc(-n2nc(C)n(C(F)F)c2=O)c(F)cc1Cl.CP(=O)(O)CCC(N)C(=O)O.CSc1nnc(C(C)(C)C)c(=O)n1N. The van der Waals surface area contributed by atoms with Crippen LogP contribution in [0.5, 0.6) is 0 Å². The summed E-state index contributed by atoms with van der Waals surface area (Å²) in [5.74, 6) is 2.51. The van der Waals surface area contributed by atoms with E-state index in [2.05, 4.69) is 15.3 Å². The lowest BCUT2D eigenvalue weighted by atomic mass is 9.93. The first kappa shape index (κ1) is 45.6. The van der Waals surface area contributed by atoms with Crippen molar-refractivity contribution in [1.29, 1.82) is 0 Å². The van der Waals surface area contributed by atoms with E-state index in [-0.39, 0.29) is 63.2 Å². The summed E-state index contributed by atoms with van der Waals surface area (Å²) in [7, 11) is -3.10. The first-order valence-electron chi connectivity index (χ1n) is 14.7. The molecular weight excluding hydrogens is 767 g/mol. The van der Waals surface area contributed by atoms with Gasteiger partial charge in [0.1, 0.15) is 28.6 Å². The molecule has 0 amide bonds. The van der Waals surface area contributed by atoms with Crippen LogP contribution in [0.4, 0.5) is 13.2 Å². The number of carboxylic acids is 1. The molecule has 1 aromatic carbocycles. The minimum atomic E-state index is -3.12. The van der Waals surface area contributed by atoms with Gasteiger partial charge in [0.05, 0.1) is 6.61 Å². The smallest absolute Gasteiger partial charge is 0.355 e. The normalized spacial score (nSPS) is 13.6. The molecule has 2 heterocycles. The van der Waals surface area contributed by atoms with E-state index >= 15 is 0 Å². The summed E-state index contributed by atoms with van der Waals surface area (Å²) in [6, 6.07) is 0.996. The van der Waals surface area contributed by atoms with Crippen LogP contribution in [0, 0.1) is 12.7 Å². The Labute approximate surface area is 304 Å². The number of esters is 1. The van der Waals surface area contributed by atoms with Crippen molar-refractivity contribution in [2.24, 2.45) is 5.73 Å². The number of aliphatic carboxylic acids is 1. The maximum atomic E-state index is 14.2. The molecule has 3 atom stereocenters. The van der Waals surface area contributed by atoms with Gasteiger partial charge in [-0.1, -0.05) is 44.1 Å². The highest BCUT2D eigenvalue weighted by Crippen LogP contribution is 2.35. The van der Waals surface area contributed by atoms with E-state index in [1.165, 1.54) is 25.4 Å². The number of carboxylic acid groups (broad SMARTS) is 1. The summed E-state index contributed by atoms with van der Waals surface area (Å²) >= 11 is 13.2. The van der Waals surface area contributed by atoms with Crippen LogP contribution in [-0.2, 0) is 30.7 Å². The molecule has 51 heavy (non-hydrogen) atoms. The van der Waals surface area contributed by atoms with Crippen molar-refractivity contribution < 1.29 is 42.1 Å². The van der Waals surface area contributed by atoms with Gasteiger partial charge in [-0.2, -0.15) is 18.1 Å². The van der Waals surface area contributed by atoms with Crippen molar-refractivity contribution >= 4 is 54.3 Å². The van der Waals surface area contributed by atoms with Crippen molar-refractivity contribution in [1.82, 2.24) is 29.2 Å². The minimum absolute atomic E-state index is 0.0412. The number of aromatic nitrogens is 6. The van der Waals surface area contributed by atoms with Crippen molar-refractivity contribution in [3.8, 4) is 5.69 Å². The second-order valence-electron chi connectivity index (χ2n) is 11.7. The molecule has 3 unspecified atom stereocenters. The molecule has 0 aliphatic heterocycles. The molecule has 0 bridgehead atoms. The number of ether oxygens (including phenoxy) is 1. The molecule has 6 N–H and O–H groups in total. The lowest BCUT2D eigenvalue weighted by molar-refractivity contribution is -0.142.